The second kappa shape index (κ2) is 35.5. The van der Waals surface area contributed by atoms with Gasteiger partial charge in [-0.05, 0) is 6.42 Å². The van der Waals surface area contributed by atoms with Crippen LogP contribution >= 0.6 is 0 Å². The minimum atomic E-state index is 0.0284. The highest BCUT2D eigenvalue weighted by Crippen LogP contribution is 1.87. The quantitative estimate of drug-likeness (QED) is 0.114. The Morgan fingerprint density at radius 1 is 0.270 bits per heavy atom. The summed E-state index contributed by atoms with van der Waals surface area (Å²) in [5, 5.41) is 8.56. The average molecular weight is 545 g/mol. The molecule has 0 unspecified atom stereocenters. The van der Waals surface area contributed by atoms with E-state index in [1.54, 1.807) is 0 Å². The Labute approximate surface area is 223 Å². The molecule has 0 heterocycles. The van der Waals surface area contributed by atoms with E-state index in [-0.39, 0.29) is 6.61 Å². The molecule has 224 valence electrons. The van der Waals surface area contributed by atoms with Crippen LogP contribution in [-0.4, -0.2) is 157 Å². The van der Waals surface area contributed by atoms with Crippen LogP contribution in [0.3, 0.4) is 0 Å². The highest BCUT2D eigenvalue weighted by atomic mass is 16.6. The highest BCUT2D eigenvalue weighted by molar-refractivity contribution is 4.39. The second-order valence-corrected chi connectivity index (χ2v) is 7.46. The lowest BCUT2D eigenvalue weighted by molar-refractivity contribution is -0.0278. The fourth-order valence-electron chi connectivity index (χ4n) is 2.51. The third-order valence-electron chi connectivity index (χ3n) is 4.30. The monoisotopic (exact) mass is 544 g/mol. The zero-order chi connectivity index (χ0) is 26.7. The van der Waals surface area contributed by atoms with E-state index in [1.807, 2.05) is 0 Å². The van der Waals surface area contributed by atoms with Gasteiger partial charge in [0.05, 0.1) is 145 Å². The molecule has 1 N–H and O–H groups in total. The standard InChI is InChI=1S/C25H52O12/c1-2-4-27-6-8-29-10-12-31-14-16-33-18-20-35-22-24-37-25-23-36-21-19-34-17-15-32-13-11-30-9-7-28-5-3-26/h26H,2-25H2,1H3. The summed E-state index contributed by atoms with van der Waals surface area (Å²) in [7, 11) is 0. The molecule has 0 aliphatic rings. The minimum absolute atomic E-state index is 0.0284. The summed E-state index contributed by atoms with van der Waals surface area (Å²) < 4.78 is 59.1. The molecule has 0 radical (unpaired) electrons. The maximum Gasteiger partial charge on any atom is 0.0701 e. The first-order chi connectivity index (χ1) is 18.4. The van der Waals surface area contributed by atoms with Gasteiger partial charge in [-0.3, -0.25) is 0 Å². The lowest BCUT2D eigenvalue weighted by Crippen LogP contribution is -2.15. The van der Waals surface area contributed by atoms with Crippen LogP contribution in [0.4, 0.5) is 0 Å². The van der Waals surface area contributed by atoms with Crippen molar-refractivity contribution in [2.45, 2.75) is 13.3 Å². The first-order valence-electron chi connectivity index (χ1n) is 13.4. The van der Waals surface area contributed by atoms with Crippen molar-refractivity contribution in [2.75, 3.05) is 152 Å². The zero-order valence-corrected chi connectivity index (χ0v) is 22.9. The van der Waals surface area contributed by atoms with Gasteiger partial charge in [-0.15, -0.1) is 0 Å². The van der Waals surface area contributed by atoms with Crippen LogP contribution < -0.4 is 0 Å². The largest absolute Gasteiger partial charge is 0.394 e. The van der Waals surface area contributed by atoms with Crippen molar-refractivity contribution >= 4 is 0 Å². The highest BCUT2D eigenvalue weighted by Gasteiger charge is 1.96. The summed E-state index contributed by atoms with van der Waals surface area (Å²) in [4.78, 5) is 0. The molecule has 0 bridgehead atoms. The lowest BCUT2D eigenvalue weighted by atomic mass is 10.5. The summed E-state index contributed by atoms with van der Waals surface area (Å²) in [6.07, 6.45) is 1.03. The molecule has 0 aliphatic carbocycles. The smallest absolute Gasteiger partial charge is 0.0701 e. The maximum absolute atomic E-state index is 8.56. The maximum atomic E-state index is 8.56. The second-order valence-electron chi connectivity index (χ2n) is 7.46. The predicted molar refractivity (Wildman–Crippen MR) is 136 cm³/mol. The molecule has 0 rings (SSSR count). The molecule has 0 aromatic rings. The van der Waals surface area contributed by atoms with E-state index < -0.39 is 0 Å². The van der Waals surface area contributed by atoms with Crippen molar-refractivity contribution in [3.05, 3.63) is 0 Å². The Morgan fingerprint density at radius 3 is 0.595 bits per heavy atom. The molecule has 12 nitrogen and oxygen atoms in total. The van der Waals surface area contributed by atoms with E-state index in [1.165, 1.54) is 0 Å². The number of hydrogen-bond acceptors (Lipinski definition) is 12. The molecule has 0 saturated heterocycles. The molecular weight excluding hydrogens is 492 g/mol. The molecule has 0 saturated carbocycles. The summed E-state index contributed by atoms with van der Waals surface area (Å²) >= 11 is 0. The van der Waals surface area contributed by atoms with Crippen LogP contribution in [-0.2, 0) is 52.1 Å². The fourth-order valence-corrected chi connectivity index (χ4v) is 2.51. The molecule has 0 atom stereocenters. The van der Waals surface area contributed by atoms with Crippen LogP contribution in [0.15, 0.2) is 0 Å². The van der Waals surface area contributed by atoms with Crippen LogP contribution in [0.5, 0.6) is 0 Å². The third-order valence-corrected chi connectivity index (χ3v) is 4.30. The molecule has 0 fully saturated rings. The van der Waals surface area contributed by atoms with Gasteiger partial charge in [0.1, 0.15) is 0 Å². The Kier molecular flexibility index (Phi) is 35.1. The third kappa shape index (κ3) is 35.5. The predicted octanol–water partition coefficient (Wildman–Crippen LogP) is 0.571. The summed E-state index contributed by atoms with van der Waals surface area (Å²) in [5.41, 5.74) is 0. The van der Waals surface area contributed by atoms with Crippen molar-refractivity contribution in [2.24, 2.45) is 0 Å². The van der Waals surface area contributed by atoms with Crippen LogP contribution in [0.25, 0.3) is 0 Å². The number of aliphatic hydroxyl groups excluding tert-OH is 1. The summed E-state index contributed by atoms with van der Waals surface area (Å²) in [6.45, 7) is 13.8. The van der Waals surface area contributed by atoms with Gasteiger partial charge >= 0.3 is 0 Å². The molecule has 0 aliphatic heterocycles. The van der Waals surface area contributed by atoms with Gasteiger partial charge in [0.2, 0.25) is 0 Å². The topological polar surface area (TPSA) is 122 Å². The lowest BCUT2D eigenvalue weighted by Gasteiger charge is -2.09. The Hall–Kier alpha value is -0.480. The van der Waals surface area contributed by atoms with Crippen molar-refractivity contribution in [1.82, 2.24) is 0 Å². The Morgan fingerprint density at radius 2 is 0.432 bits per heavy atom. The Bertz CT molecular complexity index is 359. The van der Waals surface area contributed by atoms with Gasteiger partial charge in [-0.2, -0.15) is 0 Å². The van der Waals surface area contributed by atoms with Gasteiger partial charge in [0.25, 0.3) is 0 Å². The van der Waals surface area contributed by atoms with Gasteiger partial charge in [0.15, 0.2) is 0 Å². The molecule has 37 heavy (non-hydrogen) atoms. The van der Waals surface area contributed by atoms with Crippen molar-refractivity contribution < 1.29 is 57.2 Å². The van der Waals surface area contributed by atoms with Gasteiger partial charge < -0.3 is 57.2 Å². The number of rotatable bonds is 34. The van der Waals surface area contributed by atoms with Crippen molar-refractivity contribution in [3.63, 3.8) is 0 Å². The van der Waals surface area contributed by atoms with E-state index in [4.69, 9.17) is 57.2 Å². The van der Waals surface area contributed by atoms with E-state index >= 15 is 0 Å². The minimum Gasteiger partial charge on any atom is -0.394 e. The molecular formula is C25H52O12. The van der Waals surface area contributed by atoms with Crippen LogP contribution in [0, 0.1) is 0 Å². The molecule has 0 spiro atoms. The van der Waals surface area contributed by atoms with E-state index in [0.29, 0.717) is 139 Å². The molecule has 0 aromatic carbocycles. The molecule has 0 amide bonds. The molecule has 0 aromatic heterocycles. The van der Waals surface area contributed by atoms with Gasteiger partial charge in [-0.25, -0.2) is 0 Å². The SMILES string of the molecule is CCCOCCOCCOCCOCCOCCOCCOCCOCCOCCOCCOCCO. The average Bonchev–Trinajstić information content (AvgIpc) is 2.91. The number of hydrogen-bond donors (Lipinski definition) is 1. The number of ether oxygens (including phenoxy) is 11. The number of aliphatic hydroxyl groups is 1. The van der Waals surface area contributed by atoms with E-state index in [0.717, 1.165) is 13.0 Å². The van der Waals surface area contributed by atoms with E-state index in [2.05, 4.69) is 6.92 Å². The van der Waals surface area contributed by atoms with Crippen LogP contribution in [0.1, 0.15) is 13.3 Å². The normalized spacial score (nSPS) is 11.5. The van der Waals surface area contributed by atoms with Gasteiger partial charge in [0, 0.05) is 6.61 Å². The molecule has 12 heteroatoms. The van der Waals surface area contributed by atoms with Crippen LogP contribution in [0.2, 0.25) is 0 Å². The van der Waals surface area contributed by atoms with Crippen molar-refractivity contribution in [1.29, 1.82) is 0 Å². The summed E-state index contributed by atoms with van der Waals surface area (Å²) in [6, 6.07) is 0. The Balaban J connectivity index is 3.00. The van der Waals surface area contributed by atoms with Gasteiger partial charge in [-0.1, -0.05) is 6.92 Å². The van der Waals surface area contributed by atoms with E-state index in [9.17, 15) is 0 Å². The summed E-state index contributed by atoms with van der Waals surface area (Å²) in [5.74, 6) is 0. The first kappa shape index (κ1) is 36.5. The van der Waals surface area contributed by atoms with Crippen molar-refractivity contribution in [3.8, 4) is 0 Å². The zero-order valence-electron chi connectivity index (χ0n) is 22.9. The fraction of sp³-hybridized carbons (Fsp3) is 1.00. The first-order valence-corrected chi connectivity index (χ1v) is 13.4.